The van der Waals surface area contributed by atoms with Gasteiger partial charge in [-0.25, -0.2) is 0 Å². The molecule has 1 aliphatic heterocycles. The van der Waals surface area contributed by atoms with Crippen LogP contribution in [0.5, 0.6) is 0 Å². The van der Waals surface area contributed by atoms with E-state index in [1.54, 1.807) is 24.3 Å². The Morgan fingerprint density at radius 1 is 1.06 bits per heavy atom. The Labute approximate surface area is 200 Å². The van der Waals surface area contributed by atoms with Crippen LogP contribution in [0.2, 0.25) is 0 Å². The first-order chi connectivity index (χ1) is 16.4. The number of rotatable bonds is 6. The summed E-state index contributed by atoms with van der Waals surface area (Å²) >= 11 is 0. The smallest absolute Gasteiger partial charge is 0.305 e. The van der Waals surface area contributed by atoms with E-state index in [0.29, 0.717) is 22.5 Å². The fraction of sp³-hybridized carbons (Fsp3) is 0.217. The summed E-state index contributed by atoms with van der Waals surface area (Å²) < 4.78 is 0. The third-order valence-electron chi connectivity index (χ3n) is 4.89. The van der Waals surface area contributed by atoms with Crippen LogP contribution in [0, 0.1) is 5.41 Å². The largest absolute Gasteiger partial charge is 0.481 e. The SMILES string of the molecule is CC(=O)O.CN1C(=O)CN(CCC(=O)O)C(=O)c2cc(NC(=O)c3ccc(C(=N)N)cc3)ccc21. The van der Waals surface area contributed by atoms with Gasteiger partial charge in [-0.1, -0.05) is 12.1 Å². The highest BCUT2D eigenvalue weighted by molar-refractivity contribution is 6.11. The van der Waals surface area contributed by atoms with Gasteiger partial charge in [-0.15, -0.1) is 0 Å². The third kappa shape index (κ3) is 7.12. The molecule has 0 aromatic heterocycles. The third-order valence-corrected chi connectivity index (χ3v) is 4.89. The van der Waals surface area contributed by atoms with Crippen molar-refractivity contribution in [2.24, 2.45) is 5.73 Å². The number of amidine groups is 1. The monoisotopic (exact) mass is 483 g/mol. The molecule has 0 saturated heterocycles. The van der Waals surface area contributed by atoms with Gasteiger partial charge in [0.25, 0.3) is 17.8 Å². The summed E-state index contributed by atoms with van der Waals surface area (Å²) in [5, 5.41) is 26.4. The summed E-state index contributed by atoms with van der Waals surface area (Å²) in [5.74, 6) is -3.28. The number of hydrogen-bond donors (Lipinski definition) is 5. The summed E-state index contributed by atoms with van der Waals surface area (Å²) in [6.45, 7) is 0.744. The minimum atomic E-state index is -1.07. The Bertz CT molecular complexity index is 1170. The molecule has 35 heavy (non-hydrogen) atoms. The van der Waals surface area contributed by atoms with Crippen molar-refractivity contribution in [3.63, 3.8) is 0 Å². The molecule has 1 heterocycles. The van der Waals surface area contributed by atoms with Crippen molar-refractivity contribution in [3.05, 3.63) is 59.2 Å². The number of carboxylic acids is 2. The Balaban J connectivity index is 0.00000100. The molecular formula is C23H25N5O7. The van der Waals surface area contributed by atoms with Crippen molar-refractivity contribution in [2.75, 3.05) is 30.4 Å². The molecule has 0 spiro atoms. The van der Waals surface area contributed by atoms with E-state index < -0.39 is 23.8 Å². The molecule has 0 aliphatic carbocycles. The number of likely N-dealkylation sites (N-methyl/N-ethyl adjacent to an activating group) is 1. The molecule has 1 aliphatic rings. The fourth-order valence-corrected chi connectivity index (χ4v) is 3.14. The highest BCUT2D eigenvalue weighted by Gasteiger charge is 2.30. The zero-order valence-corrected chi connectivity index (χ0v) is 19.1. The summed E-state index contributed by atoms with van der Waals surface area (Å²) in [6, 6.07) is 10.8. The molecule has 0 atom stereocenters. The first kappa shape index (κ1) is 26.5. The van der Waals surface area contributed by atoms with E-state index in [0.717, 1.165) is 6.92 Å². The Morgan fingerprint density at radius 2 is 1.63 bits per heavy atom. The lowest BCUT2D eigenvalue weighted by atomic mass is 10.1. The van der Waals surface area contributed by atoms with Gasteiger partial charge in [0, 0.05) is 37.3 Å². The zero-order chi connectivity index (χ0) is 26.3. The molecule has 0 saturated carbocycles. The van der Waals surface area contributed by atoms with E-state index in [4.69, 9.17) is 26.2 Å². The van der Waals surface area contributed by atoms with Crippen LogP contribution in [0.3, 0.4) is 0 Å². The number of nitrogens with two attached hydrogens (primary N) is 1. The number of carboxylic acid groups (broad SMARTS) is 2. The number of carbonyl (C=O) groups excluding carboxylic acids is 3. The van der Waals surface area contributed by atoms with Gasteiger partial charge in [0.05, 0.1) is 17.7 Å². The molecule has 3 rings (SSSR count). The van der Waals surface area contributed by atoms with Gasteiger partial charge < -0.3 is 31.1 Å². The van der Waals surface area contributed by atoms with Crippen molar-refractivity contribution < 1.29 is 34.2 Å². The molecule has 2 aromatic rings. The van der Waals surface area contributed by atoms with Crippen LogP contribution in [0.1, 0.15) is 39.6 Å². The maximum atomic E-state index is 13.0. The first-order valence-electron chi connectivity index (χ1n) is 10.3. The molecule has 0 unspecified atom stereocenters. The number of hydrogen-bond acceptors (Lipinski definition) is 6. The number of fused-ring (bicyclic) bond motifs is 1. The van der Waals surface area contributed by atoms with Gasteiger partial charge in [-0.2, -0.15) is 0 Å². The van der Waals surface area contributed by atoms with Crippen molar-refractivity contribution in [1.29, 1.82) is 5.41 Å². The second kappa shape index (κ2) is 11.4. The first-order valence-corrected chi connectivity index (χ1v) is 10.3. The molecular weight excluding hydrogens is 458 g/mol. The maximum absolute atomic E-state index is 13.0. The van der Waals surface area contributed by atoms with Gasteiger partial charge >= 0.3 is 5.97 Å². The molecule has 3 amide bonds. The number of nitrogens with one attached hydrogen (secondary N) is 2. The van der Waals surface area contributed by atoms with Gasteiger partial charge in [-0.05, 0) is 30.3 Å². The Morgan fingerprint density at radius 3 is 2.17 bits per heavy atom. The van der Waals surface area contributed by atoms with Crippen LogP contribution < -0.4 is 16.0 Å². The molecule has 0 radical (unpaired) electrons. The summed E-state index contributed by atoms with van der Waals surface area (Å²) in [7, 11) is 1.53. The quantitative estimate of drug-likeness (QED) is 0.299. The standard InChI is InChI=1S/C21H21N5O5.C2H4O2/c1-25-16-7-6-14(24-20(30)13-4-2-12(3-5-13)19(22)23)10-15(16)21(31)26(11-17(25)27)9-8-18(28)29;1-2(3)4/h2-7,10H,8-9,11H2,1H3,(H3,22,23)(H,24,30)(H,28,29);1H3,(H,3,4). The van der Waals surface area contributed by atoms with E-state index in [1.165, 1.54) is 35.0 Å². The molecule has 12 heteroatoms. The normalized spacial score (nSPS) is 12.6. The van der Waals surface area contributed by atoms with Crippen LogP contribution in [0.15, 0.2) is 42.5 Å². The van der Waals surface area contributed by atoms with Gasteiger partial charge in [-0.3, -0.25) is 29.4 Å². The van der Waals surface area contributed by atoms with Crippen molar-refractivity contribution >= 4 is 46.9 Å². The van der Waals surface area contributed by atoms with Gasteiger partial charge in [0.15, 0.2) is 0 Å². The predicted molar refractivity (Wildman–Crippen MR) is 127 cm³/mol. The summed E-state index contributed by atoms with van der Waals surface area (Å²) in [5.41, 5.74) is 7.13. The number of carbonyl (C=O) groups is 5. The predicted octanol–water partition coefficient (Wildman–Crippen LogP) is 1.21. The van der Waals surface area contributed by atoms with Crippen molar-refractivity contribution in [1.82, 2.24) is 4.90 Å². The second-order valence-corrected chi connectivity index (χ2v) is 7.52. The average Bonchev–Trinajstić information content (AvgIpc) is 2.87. The average molecular weight is 483 g/mol. The van der Waals surface area contributed by atoms with Crippen LogP contribution >= 0.6 is 0 Å². The van der Waals surface area contributed by atoms with Crippen molar-refractivity contribution in [3.8, 4) is 0 Å². The topological polar surface area (TPSA) is 194 Å². The highest BCUT2D eigenvalue weighted by atomic mass is 16.4. The highest BCUT2D eigenvalue weighted by Crippen LogP contribution is 2.28. The maximum Gasteiger partial charge on any atom is 0.305 e. The number of nitrogen functional groups attached to an aromatic ring is 1. The zero-order valence-electron chi connectivity index (χ0n) is 19.1. The van der Waals surface area contributed by atoms with Gasteiger partial charge in [0.2, 0.25) is 5.91 Å². The van der Waals surface area contributed by atoms with Crippen LogP contribution in [-0.4, -0.2) is 70.7 Å². The van der Waals surface area contributed by atoms with Crippen molar-refractivity contribution in [2.45, 2.75) is 13.3 Å². The minimum Gasteiger partial charge on any atom is -0.481 e. The summed E-state index contributed by atoms with van der Waals surface area (Å²) in [6.07, 6.45) is -0.287. The number of aliphatic carboxylic acids is 2. The molecule has 12 nitrogen and oxygen atoms in total. The van der Waals surface area contributed by atoms with E-state index in [1.807, 2.05) is 0 Å². The number of benzene rings is 2. The number of anilines is 2. The van der Waals surface area contributed by atoms with E-state index in [2.05, 4.69) is 5.32 Å². The Kier molecular flexibility index (Phi) is 8.64. The van der Waals surface area contributed by atoms with Crippen LogP contribution in [0.25, 0.3) is 0 Å². The van der Waals surface area contributed by atoms with E-state index in [9.17, 15) is 19.2 Å². The Hall–Kier alpha value is -4.74. The fourth-order valence-electron chi connectivity index (χ4n) is 3.14. The lowest BCUT2D eigenvalue weighted by Crippen LogP contribution is -2.38. The van der Waals surface area contributed by atoms with Crippen LogP contribution in [0.4, 0.5) is 11.4 Å². The van der Waals surface area contributed by atoms with Gasteiger partial charge in [0.1, 0.15) is 12.4 Å². The molecule has 184 valence electrons. The van der Waals surface area contributed by atoms with Crippen LogP contribution in [-0.2, 0) is 14.4 Å². The lowest BCUT2D eigenvalue weighted by Gasteiger charge is -2.19. The van der Waals surface area contributed by atoms with E-state index in [-0.39, 0.29) is 36.8 Å². The minimum absolute atomic E-state index is 0.105. The van der Waals surface area contributed by atoms with E-state index >= 15 is 0 Å². The second-order valence-electron chi connectivity index (χ2n) is 7.52. The molecule has 0 fully saturated rings. The lowest BCUT2D eigenvalue weighted by molar-refractivity contribution is -0.137. The summed E-state index contributed by atoms with van der Waals surface area (Å²) in [4.78, 5) is 60.3. The number of amides is 3. The molecule has 2 aromatic carbocycles. The number of nitrogens with zero attached hydrogens (tertiary/aromatic N) is 2. The molecule has 6 N–H and O–H groups in total. The molecule has 0 bridgehead atoms.